The Labute approximate surface area is 335 Å². The molecule has 1 aliphatic heterocycles. The Kier molecular flexibility index (Phi) is 7.35. The third-order valence-corrected chi connectivity index (χ3v) is 13.0. The second-order valence-corrected chi connectivity index (χ2v) is 17.4. The molecule has 0 bridgehead atoms. The molecular formula is C52H44BN4. The molecule has 0 atom stereocenters. The first kappa shape index (κ1) is 34.0. The minimum Gasteiger partial charge on any atom is -0.355 e. The number of rotatable bonds is 5. The fourth-order valence-electron chi connectivity index (χ4n) is 9.86. The first-order valence-electron chi connectivity index (χ1n) is 20.2. The summed E-state index contributed by atoms with van der Waals surface area (Å²) >= 11 is 0. The van der Waals surface area contributed by atoms with Crippen LogP contribution in [-0.2, 0) is 17.9 Å². The van der Waals surface area contributed by atoms with Crippen LogP contribution in [0.5, 0.6) is 0 Å². The minimum atomic E-state index is 0.124. The van der Waals surface area contributed by atoms with Crippen molar-refractivity contribution in [3.63, 3.8) is 0 Å². The van der Waals surface area contributed by atoms with Gasteiger partial charge in [-0.05, 0) is 99.4 Å². The van der Waals surface area contributed by atoms with E-state index in [2.05, 4.69) is 202 Å². The molecule has 9 aromatic rings. The van der Waals surface area contributed by atoms with Crippen LogP contribution in [0.4, 0.5) is 11.4 Å². The smallest absolute Gasteiger partial charge is 0.198 e. The number of benzene rings is 7. The van der Waals surface area contributed by atoms with E-state index in [9.17, 15) is 0 Å². The number of aryl methyl sites for hydroxylation is 1. The van der Waals surface area contributed by atoms with E-state index in [1.807, 2.05) is 0 Å². The van der Waals surface area contributed by atoms with Crippen LogP contribution in [0.15, 0.2) is 146 Å². The van der Waals surface area contributed by atoms with E-state index in [1.54, 1.807) is 0 Å². The summed E-state index contributed by atoms with van der Waals surface area (Å²) in [4.78, 5) is 5.21. The normalized spacial score (nSPS) is 15.0. The molecule has 275 valence electrons. The molecule has 0 spiro atoms. The standard InChI is InChI=1S/C52H44BN4/c1-51(2)26-27-52(3,4)40-28-34(24-25-39(40)51)54-42-22-14-12-20-35(42)38-29-37(32-16-8-6-9-17-32)47-36-21-13-15-23-44(36)57-45-31-46-43(30-41(45)53-48(38)49(47)57)55-50(56(46)5)33-18-10-7-11-19-33/h6-25,28-31,54H,26-27H2,1-5H3. The van der Waals surface area contributed by atoms with E-state index in [-0.39, 0.29) is 10.8 Å². The number of anilines is 2. The second-order valence-electron chi connectivity index (χ2n) is 17.4. The number of hydrogen-bond donors (Lipinski definition) is 1. The predicted octanol–water partition coefficient (Wildman–Crippen LogP) is 11.7. The maximum absolute atomic E-state index is 5.21. The zero-order chi connectivity index (χ0) is 38.6. The number of fused-ring (bicyclic) bond motifs is 7. The first-order chi connectivity index (χ1) is 27.7. The van der Waals surface area contributed by atoms with Gasteiger partial charge < -0.3 is 14.5 Å². The van der Waals surface area contributed by atoms with E-state index in [0.29, 0.717) is 0 Å². The summed E-state index contributed by atoms with van der Waals surface area (Å²) in [5.41, 5.74) is 19.4. The summed E-state index contributed by atoms with van der Waals surface area (Å²) in [6.45, 7) is 9.59. The monoisotopic (exact) mass is 735 g/mol. The Morgan fingerprint density at radius 3 is 2.09 bits per heavy atom. The molecule has 2 aliphatic rings. The third kappa shape index (κ3) is 5.18. The molecule has 0 saturated carbocycles. The van der Waals surface area contributed by atoms with Crippen molar-refractivity contribution in [3.05, 3.63) is 157 Å². The van der Waals surface area contributed by atoms with Crippen molar-refractivity contribution in [1.29, 1.82) is 0 Å². The highest BCUT2D eigenvalue weighted by Crippen LogP contribution is 2.48. The van der Waals surface area contributed by atoms with Gasteiger partial charge in [0.25, 0.3) is 0 Å². The number of aromatic nitrogens is 3. The fraction of sp³-hybridized carbons (Fsp3) is 0.173. The van der Waals surface area contributed by atoms with Gasteiger partial charge >= 0.3 is 0 Å². The first-order valence-corrected chi connectivity index (χ1v) is 20.2. The Morgan fingerprint density at radius 1 is 0.614 bits per heavy atom. The van der Waals surface area contributed by atoms with Crippen molar-refractivity contribution in [1.82, 2.24) is 14.1 Å². The molecule has 7 aromatic carbocycles. The fourth-order valence-corrected chi connectivity index (χ4v) is 9.86. The van der Waals surface area contributed by atoms with Crippen LogP contribution in [0.25, 0.3) is 72.2 Å². The van der Waals surface area contributed by atoms with Crippen LogP contribution < -0.4 is 16.2 Å². The summed E-state index contributed by atoms with van der Waals surface area (Å²) in [6, 6.07) is 53.3. The Morgan fingerprint density at radius 2 is 1.30 bits per heavy atom. The van der Waals surface area contributed by atoms with Gasteiger partial charge in [-0.25, -0.2) is 4.98 Å². The predicted molar refractivity (Wildman–Crippen MR) is 241 cm³/mol. The zero-order valence-corrected chi connectivity index (χ0v) is 33.2. The molecule has 3 heterocycles. The average Bonchev–Trinajstić information content (AvgIpc) is 3.75. The lowest BCUT2D eigenvalue weighted by molar-refractivity contribution is 0.332. The molecule has 1 N–H and O–H groups in total. The molecule has 57 heavy (non-hydrogen) atoms. The minimum absolute atomic E-state index is 0.124. The lowest BCUT2D eigenvalue weighted by Gasteiger charge is -2.42. The Hall–Kier alpha value is -6.33. The van der Waals surface area contributed by atoms with E-state index >= 15 is 0 Å². The van der Waals surface area contributed by atoms with E-state index in [4.69, 9.17) is 4.98 Å². The van der Waals surface area contributed by atoms with Crippen molar-refractivity contribution in [3.8, 4) is 39.3 Å². The Bertz CT molecular complexity index is 3080. The molecule has 2 aromatic heterocycles. The van der Waals surface area contributed by atoms with Gasteiger partial charge in [0.15, 0.2) is 7.28 Å². The van der Waals surface area contributed by atoms with E-state index < -0.39 is 0 Å². The van der Waals surface area contributed by atoms with Crippen LogP contribution in [-0.4, -0.2) is 21.4 Å². The quantitative estimate of drug-likeness (QED) is 0.179. The number of imidazole rings is 1. The largest absolute Gasteiger partial charge is 0.355 e. The van der Waals surface area contributed by atoms with E-state index in [0.717, 1.165) is 39.3 Å². The lowest BCUT2D eigenvalue weighted by Crippen LogP contribution is -2.37. The van der Waals surface area contributed by atoms with Gasteiger partial charge in [0.05, 0.1) is 16.6 Å². The topological polar surface area (TPSA) is 34.8 Å². The molecule has 0 saturated heterocycles. The van der Waals surface area contributed by atoms with Gasteiger partial charge in [-0.15, -0.1) is 0 Å². The summed E-state index contributed by atoms with van der Waals surface area (Å²) in [5, 5.41) is 6.47. The average molecular weight is 736 g/mol. The molecule has 4 nitrogen and oxygen atoms in total. The zero-order valence-electron chi connectivity index (χ0n) is 33.2. The van der Waals surface area contributed by atoms with Crippen LogP contribution >= 0.6 is 0 Å². The summed E-state index contributed by atoms with van der Waals surface area (Å²) < 4.78 is 4.75. The van der Waals surface area contributed by atoms with Gasteiger partial charge in [-0.2, -0.15) is 0 Å². The van der Waals surface area contributed by atoms with Crippen molar-refractivity contribution in [2.24, 2.45) is 7.05 Å². The highest BCUT2D eigenvalue weighted by molar-refractivity contribution is 6.74. The third-order valence-electron chi connectivity index (χ3n) is 13.0. The number of hydrogen-bond acceptors (Lipinski definition) is 2. The van der Waals surface area contributed by atoms with Gasteiger partial charge in [-0.3, -0.25) is 0 Å². The number of nitrogens with one attached hydrogen (secondary N) is 1. The lowest BCUT2D eigenvalue weighted by atomic mass is 9.58. The van der Waals surface area contributed by atoms with Crippen LogP contribution in [0.1, 0.15) is 51.7 Å². The van der Waals surface area contributed by atoms with E-state index in [1.165, 1.54) is 79.2 Å². The molecule has 0 amide bonds. The molecule has 0 unspecified atom stereocenters. The maximum Gasteiger partial charge on any atom is 0.198 e. The SMILES string of the molecule is Cn1c(-c2ccccc2)nc2cc3c(cc21)-n1c2ccccc2c2c(-c4ccccc4)cc(-c4ccccc4Nc4ccc5c(c4)C(C)(C)CCC5(C)C)c(c21)[B]3. The molecule has 1 radical (unpaired) electrons. The summed E-state index contributed by atoms with van der Waals surface area (Å²) in [6.07, 6.45) is 2.39. The maximum atomic E-state index is 5.21. The summed E-state index contributed by atoms with van der Waals surface area (Å²) in [5.74, 6) is 0.967. The van der Waals surface area contributed by atoms with Crippen LogP contribution in [0.2, 0.25) is 0 Å². The second kappa shape index (κ2) is 12.3. The van der Waals surface area contributed by atoms with Gasteiger partial charge in [0.2, 0.25) is 0 Å². The van der Waals surface area contributed by atoms with Gasteiger partial charge in [0.1, 0.15) is 5.82 Å². The Balaban J connectivity index is 1.16. The molecule has 1 aliphatic carbocycles. The van der Waals surface area contributed by atoms with Crippen molar-refractivity contribution in [2.45, 2.75) is 51.4 Å². The van der Waals surface area contributed by atoms with Crippen molar-refractivity contribution < 1.29 is 0 Å². The number of nitrogens with zero attached hydrogens (tertiary/aromatic N) is 3. The molecular weight excluding hydrogens is 691 g/mol. The summed E-state index contributed by atoms with van der Waals surface area (Å²) in [7, 11) is 4.55. The van der Waals surface area contributed by atoms with Crippen molar-refractivity contribution >= 4 is 62.4 Å². The highest BCUT2D eigenvalue weighted by Gasteiger charge is 2.37. The van der Waals surface area contributed by atoms with Gasteiger partial charge in [0, 0.05) is 51.5 Å². The van der Waals surface area contributed by atoms with Crippen LogP contribution in [0, 0.1) is 0 Å². The van der Waals surface area contributed by atoms with Crippen LogP contribution in [0.3, 0.4) is 0 Å². The number of para-hydroxylation sites is 2. The highest BCUT2D eigenvalue weighted by atomic mass is 15.1. The molecule has 11 rings (SSSR count). The van der Waals surface area contributed by atoms with Gasteiger partial charge in [-0.1, -0.05) is 136 Å². The van der Waals surface area contributed by atoms with Crippen molar-refractivity contribution in [2.75, 3.05) is 5.32 Å². The molecule has 0 fully saturated rings. The molecule has 5 heteroatoms.